The molecule has 0 spiro atoms. The number of para-hydroxylation sites is 1. The van der Waals surface area contributed by atoms with E-state index in [1.54, 1.807) is 0 Å². The van der Waals surface area contributed by atoms with Crippen LogP contribution in [-0.2, 0) is 14.8 Å². The van der Waals surface area contributed by atoms with Crippen LogP contribution in [0.1, 0.15) is 42.9 Å². The predicted octanol–water partition coefficient (Wildman–Crippen LogP) is 4.22. The van der Waals surface area contributed by atoms with Crippen LogP contribution in [0, 0.1) is 13.8 Å². The number of nitrogens with one attached hydrogen (secondary N) is 1. The number of hydrogen-bond acceptors (Lipinski definition) is 3. The number of hydrogen-bond donors (Lipinski definition) is 1. The molecule has 1 amide bonds. The normalized spacial score (nSPS) is 11.5. The molecule has 0 atom stereocenters. The number of aryl methyl sites for hydroxylation is 2. The van der Waals surface area contributed by atoms with E-state index in [2.05, 4.69) is 19.2 Å². The van der Waals surface area contributed by atoms with Crippen molar-refractivity contribution >= 4 is 27.3 Å². The van der Waals surface area contributed by atoms with Gasteiger partial charge in [0, 0.05) is 18.7 Å². The summed E-state index contributed by atoms with van der Waals surface area (Å²) in [6.07, 6.45) is 1.24. The summed E-state index contributed by atoms with van der Waals surface area (Å²) in [6.45, 7) is 8.07. The van der Waals surface area contributed by atoms with Gasteiger partial charge in [0.1, 0.15) is 0 Å². The van der Waals surface area contributed by atoms with E-state index in [1.165, 1.54) is 4.31 Å². The third-order valence-corrected chi connectivity index (χ3v) is 5.49. The maximum atomic E-state index is 12.5. The molecule has 0 fully saturated rings. The van der Waals surface area contributed by atoms with Crippen LogP contribution < -0.4 is 9.62 Å². The molecule has 0 bridgehead atoms. The zero-order valence-corrected chi connectivity index (χ0v) is 17.4. The van der Waals surface area contributed by atoms with Gasteiger partial charge >= 0.3 is 0 Å². The molecule has 0 radical (unpaired) electrons. The van der Waals surface area contributed by atoms with E-state index in [-0.39, 0.29) is 24.8 Å². The molecule has 0 aliphatic rings. The van der Waals surface area contributed by atoms with E-state index >= 15 is 0 Å². The van der Waals surface area contributed by atoms with Crippen LogP contribution in [0.3, 0.4) is 0 Å². The van der Waals surface area contributed by atoms with Gasteiger partial charge in [0.2, 0.25) is 15.9 Å². The summed E-state index contributed by atoms with van der Waals surface area (Å²) in [7, 11) is -3.49. The molecule has 27 heavy (non-hydrogen) atoms. The molecule has 0 heterocycles. The van der Waals surface area contributed by atoms with Crippen LogP contribution >= 0.6 is 0 Å². The number of sulfonamides is 1. The van der Waals surface area contributed by atoms with Crippen LogP contribution in [0.15, 0.2) is 42.5 Å². The Hall–Kier alpha value is -2.34. The van der Waals surface area contributed by atoms with Gasteiger partial charge in [-0.25, -0.2) is 8.42 Å². The lowest BCUT2D eigenvalue weighted by Crippen LogP contribution is -2.33. The Morgan fingerprint density at radius 3 is 2.22 bits per heavy atom. The Labute approximate surface area is 162 Å². The van der Waals surface area contributed by atoms with Crippen LogP contribution in [0.25, 0.3) is 0 Å². The zero-order chi connectivity index (χ0) is 20.2. The fourth-order valence-electron chi connectivity index (χ4n) is 3.11. The van der Waals surface area contributed by atoms with Crippen molar-refractivity contribution in [2.45, 2.75) is 40.0 Å². The van der Waals surface area contributed by atoms with Crippen molar-refractivity contribution in [3.05, 3.63) is 59.2 Å². The number of nitrogens with zero attached hydrogens (tertiary/aromatic N) is 1. The smallest absolute Gasteiger partial charge is 0.232 e. The summed E-state index contributed by atoms with van der Waals surface area (Å²) in [5.74, 6) is 0.0745. The third kappa shape index (κ3) is 5.82. The highest BCUT2D eigenvalue weighted by atomic mass is 32.2. The van der Waals surface area contributed by atoms with Gasteiger partial charge in [0.15, 0.2) is 0 Å². The molecule has 0 saturated heterocycles. The molecule has 1 N–H and O–H groups in total. The fourth-order valence-corrected chi connectivity index (χ4v) is 4.02. The average molecular weight is 389 g/mol. The van der Waals surface area contributed by atoms with Gasteiger partial charge in [0.25, 0.3) is 0 Å². The maximum absolute atomic E-state index is 12.5. The standard InChI is InChI=1S/C21H28N2O3S/c1-15(2)19-8-6-7-9-20(19)22-21(24)10-11-23(27(5,25)26)18-13-16(3)12-17(4)14-18/h6-9,12-15H,10-11H2,1-5H3,(H,22,24). The summed E-state index contributed by atoms with van der Waals surface area (Å²) in [5, 5.41) is 2.91. The summed E-state index contributed by atoms with van der Waals surface area (Å²) >= 11 is 0. The van der Waals surface area contributed by atoms with Gasteiger partial charge in [-0.3, -0.25) is 9.10 Å². The minimum atomic E-state index is -3.49. The Morgan fingerprint density at radius 2 is 1.67 bits per heavy atom. The van der Waals surface area contributed by atoms with Gasteiger partial charge in [-0.1, -0.05) is 38.1 Å². The van der Waals surface area contributed by atoms with Crippen LogP contribution in [-0.4, -0.2) is 27.1 Å². The van der Waals surface area contributed by atoms with E-state index in [4.69, 9.17) is 0 Å². The Balaban J connectivity index is 2.15. The number of benzene rings is 2. The van der Waals surface area contributed by atoms with E-state index in [1.807, 2.05) is 56.3 Å². The Morgan fingerprint density at radius 1 is 1.07 bits per heavy atom. The fraction of sp³-hybridized carbons (Fsp3) is 0.381. The zero-order valence-electron chi connectivity index (χ0n) is 16.6. The molecule has 0 saturated carbocycles. The lowest BCUT2D eigenvalue weighted by Gasteiger charge is -2.23. The third-order valence-electron chi connectivity index (χ3n) is 4.29. The highest BCUT2D eigenvalue weighted by Gasteiger charge is 2.19. The summed E-state index contributed by atoms with van der Waals surface area (Å²) in [5.41, 5.74) is 4.38. The summed E-state index contributed by atoms with van der Waals surface area (Å²) < 4.78 is 25.8. The first kappa shape index (κ1) is 21.0. The molecular formula is C21H28N2O3S. The van der Waals surface area contributed by atoms with Gasteiger partial charge in [-0.05, 0) is 54.7 Å². The lowest BCUT2D eigenvalue weighted by atomic mass is 10.0. The minimum absolute atomic E-state index is 0.0759. The maximum Gasteiger partial charge on any atom is 0.232 e. The second kappa shape index (κ2) is 8.57. The number of carbonyl (C=O) groups excluding carboxylic acids is 1. The van der Waals surface area contributed by atoms with E-state index in [0.29, 0.717) is 5.69 Å². The van der Waals surface area contributed by atoms with Gasteiger partial charge in [-0.2, -0.15) is 0 Å². The van der Waals surface area contributed by atoms with Crippen LogP contribution in [0.4, 0.5) is 11.4 Å². The molecule has 2 rings (SSSR count). The average Bonchev–Trinajstić information content (AvgIpc) is 2.53. The van der Waals surface area contributed by atoms with E-state index < -0.39 is 10.0 Å². The highest BCUT2D eigenvalue weighted by Crippen LogP contribution is 2.24. The van der Waals surface area contributed by atoms with Crippen molar-refractivity contribution in [3.63, 3.8) is 0 Å². The first-order valence-corrected chi connectivity index (χ1v) is 10.9. The second-order valence-corrected chi connectivity index (χ2v) is 9.13. The number of rotatable bonds is 7. The van der Waals surface area contributed by atoms with Crippen molar-refractivity contribution in [1.82, 2.24) is 0 Å². The van der Waals surface area contributed by atoms with Crippen molar-refractivity contribution in [1.29, 1.82) is 0 Å². The van der Waals surface area contributed by atoms with Crippen molar-refractivity contribution in [2.75, 3.05) is 22.4 Å². The molecule has 5 nitrogen and oxygen atoms in total. The van der Waals surface area contributed by atoms with Crippen molar-refractivity contribution in [3.8, 4) is 0 Å². The minimum Gasteiger partial charge on any atom is -0.326 e. The number of anilines is 2. The highest BCUT2D eigenvalue weighted by molar-refractivity contribution is 7.92. The lowest BCUT2D eigenvalue weighted by molar-refractivity contribution is -0.116. The molecule has 0 unspecified atom stereocenters. The van der Waals surface area contributed by atoms with Crippen LogP contribution in [0.5, 0.6) is 0 Å². The molecule has 2 aromatic carbocycles. The predicted molar refractivity (Wildman–Crippen MR) is 112 cm³/mol. The van der Waals surface area contributed by atoms with Crippen LogP contribution in [0.2, 0.25) is 0 Å². The summed E-state index contributed by atoms with van der Waals surface area (Å²) in [6, 6.07) is 13.3. The van der Waals surface area contributed by atoms with Crippen molar-refractivity contribution < 1.29 is 13.2 Å². The van der Waals surface area contributed by atoms with Gasteiger partial charge in [0.05, 0.1) is 11.9 Å². The van der Waals surface area contributed by atoms with E-state index in [9.17, 15) is 13.2 Å². The SMILES string of the molecule is Cc1cc(C)cc(N(CCC(=O)Nc2ccccc2C(C)C)S(C)(=O)=O)c1. The number of amides is 1. The molecule has 6 heteroatoms. The summed E-state index contributed by atoms with van der Waals surface area (Å²) in [4.78, 5) is 12.5. The quantitative estimate of drug-likeness (QED) is 0.772. The van der Waals surface area contributed by atoms with E-state index in [0.717, 1.165) is 28.6 Å². The molecule has 0 aromatic heterocycles. The molecular weight excluding hydrogens is 360 g/mol. The monoisotopic (exact) mass is 388 g/mol. The number of carbonyl (C=O) groups is 1. The first-order chi connectivity index (χ1) is 12.6. The molecule has 2 aromatic rings. The molecule has 0 aliphatic heterocycles. The topological polar surface area (TPSA) is 66.5 Å². The molecule has 146 valence electrons. The van der Waals surface area contributed by atoms with Crippen molar-refractivity contribution in [2.24, 2.45) is 0 Å². The van der Waals surface area contributed by atoms with Gasteiger partial charge < -0.3 is 5.32 Å². The Kier molecular flexibility index (Phi) is 6.65. The first-order valence-electron chi connectivity index (χ1n) is 9.02. The second-order valence-electron chi connectivity index (χ2n) is 7.22. The van der Waals surface area contributed by atoms with Gasteiger partial charge in [-0.15, -0.1) is 0 Å². The molecule has 0 aliphatic carbocycles. The Bertz CT molecular complexity index is 901. The largest absolute Gasteiger partial charge is 0.326 e.